The molecule has 17 heavy (non-hydrogen) atoms. The summed E-state index contributed by atoms with van der Waals surface area (Å²) in [5.74, 6) is 0.385. The molecule has 0 spiro atoms. The van der Waals surface area contributed by atoms with E-state index in [4.69, 9.17) is 0 Å². The molecule has 88 valence electrons. The van der Waals surface area contributed by atoms with Crippen molar-refractivity contribution < 1.29 is 4.79 Å². The molecule has 1 aliphatic carbocycles. The van der Waals surface area contributed by atoms with Crippen LogP contribution < -0.4 is 0 Å². The Hall–Kier alpha value is -0.450. The first-order valence-electron chi connectivity index (χ1n) is 5.61. The second-order valence-electron chi connectivity index (χ2n) is 4.21. The summed E-state index contributed by atoms with van der Waals surface area (Å²) in [6.07, 6.45) is 3.28. The Balaban J connectivity index is 1.94. The molecule has 2 heterocycles. The zero-order valence-electron chi connectivity index (χ0n) is 9.11. The summed E-state index contributed by atoms with van der Waals surface area (Å²) in [6, 6.07) is 6.01. The second-order valence-corrected chi connectivity index (χ2v) is 7.68. The van der Waals surface area contributed by atoms with Crippen LogP contribution in [0.15, 0.2) is 27.4 Å². The molecule has 2 aromatic heterocycles. The van der Waals surface area contributed by atoms with Crippen LogP contribution >= 0.6 is 38.6 Å². The maximum Gasteiger partial charge on any atom is 0.180 e. The number of aryl methyl sites for hydroxylation is 1. The number of carbonyl (C=O) groups is 1. The zero-order chi connectivity index (χ0) is 11.8. The summed E-state index contributed by atoms with van der Waals surface area (Å²) >= 11 is 6.74. The molecular weight excluding hydrogens is 316 g/mol. The molecule has 0 saturated carbocycles. The van der Waals surface area contributed by atoms with E-state index in [1.165, 1.54) is 21.8 Å². The van der Waals surface area contributed by atoms with Crippen LogP contribution in [-0.4, -0.2) is 5.78 Å². The van der Waals surface area contributed by atoms with Gasteiger partial charge in [-0.05, 0) is 64.3 Å². The molecule has 0 fully saturated rings. The minimum Gasteiger partial charge on any atom is -0.293 e. The molecular formula is C13H11BrOS2. The van der Waals surface area contributed by atoms with Gasteiger partial charge in [0.05, 0.1) is 8.66 Å². The van der Waals surface area contributed by atoms with Crippen LogP contribution in [0.3, 0.4) is 0 Å². The van der Waals surface area contributed by atoms with E-state index >= 15 is 0 Å². The molecule has 0 saturated heterocycles. The minimum absolute atomic E-state index is 0.0931. The van der Waals surface area contributed by atoms with Crippen LogP contribution in [0.5, 0.6) is 0 Å². The number of fused-ring (bicyclic) bond motifs is 1. The van der Waals surface area contributed by atoms with Crippen molar-refractivity contribution in [1.82, 2.24) is 0 Å². The predicted octanol–water partition coefficient (Wildman–Crippen LogP) is 4.87. The van der Waals surface area contributed by atoms with Gasteiger partial charge in [-0.2, -0.15) is 0 Å². The van der Waals surface area contributed by atoms with Crippen molar-refractivity contribution in [2.24, 2.45) is 0 Å². The molecule has 0 aromatic carbocycles. The van der Waals surface area contributed by atoms with E-state index in [-0.39, 0.29) is 5.92 Å². The summed E-state index contributed by atoms with van der Waals surface area (Å²) in [5, 5.41) is 2.11. The van der Waals surface area contributed by atoms with Gasteiger partial charge in [0.15, 0.2) is 5.78 Å². The maximum absolute atomic E-state index is 12.5. The lowest BCUT2D eigenvalue weighted by atomic mass is 9.84. The average Bonchev–Trinajstić information content (AvgIpc) is 2.95. The van der Waals surface area contributed by atoms with Crippen molar-refractivity contribution in [1.29, 1.82) is 0 Å². The third-order valence-corrected chi connectivity index (χ3v) is 5.82. The molecule has 3 rings (SSSR count). The van der Waals surface area contributed by atoms with Gasteiger partial charge in [-0.25, -0.2) is 0 Å². The van der Waals surface area contributed by atoms with Crippen LogP contribution in [0.25, 0.3) is 0 Å². The number of hydrogen-bond acceptors (Lipinski definition) is 3. The number of Topliss-reactive ketones (excluding diaryl/α,β-unsaturated/α-hetero) is 1. The Morgan fingerprint density at radius 3 is 3.00 bits per heavy atom. The highest BCUT2D eigenvalue weighted by Gasteiger charge is 2.28. The number of halogens is 1. The highest BCUT2D eigenvalue weighted by atomic mass is 79.9. The van der Waals surface area contributed by atoms with Crippen molar-refractivity contribution in [3.05, 3.63) is 42.7 Å². The van der Waals surface area contributed by atoms with Crippen LogP contribution in [-0.2, 0) is 6.42 Å². The molecule has 2 aromatic rings. The lowest BCUT2D eigenvalue weighted by molar-refractivity contribution is 0.0955. The number of ketones is 1. The van der Waals surface area contributed by atoms with E-state index in [9.17, 15) is 4.79 Å². The predicted molar refractivity (Wildman–Crippen MR) is 76.3 cm³/mol. The van der Waals surface area contributed by atoms with Gasteiger partial charge in [0.25, 0.3) is 0 Å². The number of hydrogen-bond donors (Lipinski definition) is 0. The average molecular weight is 327 g/mol. The highest BCUT2D eigenvalue weighted by molar-refractivity contribution is 9.11. The first-order chi connectivity index (χ1) is 8.25. The van der Waals surface area contributed by atoms with Crippen LogP contribution in [0.2, 0.25) is 0 Å². The van der Waals surface area contributed by atoms with Gasteiger partial charge in [-0.15, -0.1) is 22.7 Å². The first-order valence-corrected chi connectivity index (χ1v) is 8.10. The molecule has 0 aliphatic heterocycles. The molecule has 1 nitrogen and oxygen atoms in total. The van der Waals surface area contributed by atoms with E-state index in [0.29, 0.717) is 5.78 Å². The summed E-state index contributed by atoms with van der Waals surface area (Å²) in [5.41, 5.74) is 1.27. The van der Waals surface area contributed by atoms with E-state index in [1.807, 2.05) is 12.1 Å². The highest BCUT2D eigenvalue weighted by Crippen LogP contribution is 2.38. The summed E-state index contributed by atoms with van der Waals surface area (Å²) in [6.45, 7) is 0. The largest absolute Gasteiger partial charge is 0.293 e. The van der Waals surface area contributed by atoms with Crippen molar-refractivity contribution in [2.75, 3.05) is 0 Å². The lowest BCUT2D eigenvalue weighted by Crippen LogP contribution is -2.16. The standard InChI is InChI=1S/C13H11BrOS2/c14-12-5-4-11(17-12)13(15)9-2-1-3-10-8(9)6-7-16-10/h4-7,9H,1-3H2. The quantitative estimate of drug-likeness (QED) is 0.719. The van der Waals surface area contributed by atoms with Gasteiger partial charge in [0, 0.05) is 10.8 Å². The molecule has 4 heteroatoms. The van der Waals surface area contributed by atoms with Gasteiger partial charge in [-0.1, -0.05) is 0 Å². The Labute approximate surface area is 117 Å². The third kappa shape index (κ3) is 2.14. The minimum atomic E-state index is 0.0931. The summed E-state index contributed by atoms with van der Waals surface area (Å²) < 4.78 is 1.03. The third-order valence-electron chi connectivity index (χ3n) is 3.18. The van der Waals surface area contributed by atoms with Crippen molar-refractivity contribution in [3.8, 4) is 0 Å². The van der Waals surface area contributed by atoms with Crippen LogP contribution in [0, 0.1) is 0 Å². The molecule has 0 radical (unpaired) electrons. The normalized spacial score (nSPS) is 19.0. The maximum atomic E-state index is 12.5. The van der Waals surface area contributed by atoms with Crippen LogP contribution in [0.4, 0.5) is 0 Å². The SMILES string of the molecule is O=C(c1ccc(Br)s1)C1CCCc2sccc21. The van der Waals surface area contributed by atoms with Crippen molar-refractivity contribution in [3.63, 3.8) is 0 Å². The fraction of sp³-hybridized carbons (Fsp3) is 0.308. The number of carbonyl (C=O) groups excluding carboxylic acids is 1. The Morgan fingerprint density at radius 1 is 1.35 bits per heavy atom. The first kappa shape index (κ1) is 11.6. The Morgan fingerprint density at radius 2 is 2.24 bits per heavy atom. The fourth-order valence-corrected chi connectivity index (χ4v) is 4.75. The fourth-order valence-electron chi connectivity index (χ4n) is 2.38. The number of thiophene rings is 2. The van der Waals surface area contributed by atoms with E-state index in [1.54, 1.807) is 11.3 Å². The molecule has 1 unspecified atom stereocenters. The summed E-state index contributed by atoms with van der Waals surface area (Å²) in [7, 11) is 0. The van der Waals surface area contributed by atoms with E-state index < -0.39 is 0 Å². The molecule has 0 N–H and O–H groups in total. The smallest absolute Gasteiger partial charge is 0.180 e. The van der Waals surface area contributed by atoms with Gasteiger partial charge in [0.1, 0.15) is 0 Å². The Kier molecular flexibility index (Phi) is 3.19. The zero-order valence-corrected chi connectivity index (χ0v) is 12.3. The summed E-state index contributed by atoms with van der Waals surface area (Å²) in [4.78, 5) is 14.8. The van der Waals surface area contributed by atoms with Crippen LogP contribution in [0.1, 0.15) is 38.9 Å². The lowest BCUT2D eigenvalue weighted by Gasteiger charge is -2.20. The topological polar surface area (TPSA) is 17.1 Å². The molecule has 0 amide bonds. The van der Waals surface area contributed by atoms with E-state index in [0.717, 1.165) is 27.9 Å². The second kappa shape index (κ2) is 4.67. The number of rotatable bonds is 2. The van der Waals surface area contributed by atoms with E-state index in [2.05, 4.69) is 27.4 Å². The van der Waals surface area contributed by atoms with Gasteiger partial charge in [0.2, 0.25) is 0 Å². The Bertz CT molecular complexity index is 555. The van der Waals surface area contributed by atoms with Gasteiger partial charge >= 0.3 is 0 Å². The molecule has 1 atom stereocenters. The molecule has 0 bridgehead atoms. The molecule has 1 aliphatic rings. The van der Waals surface area contributed by atoms with Gasteiger partial charge in [-0.3, -0.25) is 4.79 Å². The van der Waals surface area contributed by atoms with Gasteiger partial charge < -0.3 is 0 Å². The van der Waals surface area contributed by atoms with Crippen molar-refractivity contribution in [2.45, 2.75) is 25.2 Å². The monoisotopic (exact) mass is 326 g/mol. The van der Waals surface area contributed by atoms with Crippen molar-refractivity contribution >= 4 is 44.4 Å².